The molecule has 0 radical (unpaired) electrons. The Hall–Kier alpha value is -0.890. The van der Waals surface area contributed by atoms with Gasteiger partial charge in [-0.05, 0) is 49.5 Å². The lowest BCUT2D eigenvalue weighted by Gasteiger charge is -2.19. The second-order valence-electron chi connectivity index (χ2n) is 5.88. The van der Waals surface area contributed by atoms with E-state index < -0.39 is 0 Å². The Morgan fingerprint density at radius 1 is 1.19 bits per heavy atom. The average molecular weight is 304 g/mol. The summed E-state index contributed by atoms with van der Waals surface area (Å²) < 4.78 is 5.73. The van der Waals surface area contributed by atoms with Crippen LogP contribution in [-0.2, 0) is 4.74 Å². The summed E-state index contributed by atoms with van der Waals surface area (Å²) in [5.74, 6) is 1.36. The molecule has 1 saturated heterocycles. The molecule has 1 atom stereocenters. The Bertz CT molecular complexity index is 405. The smallest absolute Gasteiger partial charge is 0.0873 e. The highest BCUT2D eigenvalue weighted by Crippen LogP contribution is 2.26. The van der Waals surface area contributed by atoms with Crippen molar-refractivity contribution in [1.29, 1.82) is 0 Å². The van der Waals surface area contributed by atoms with Gasteiger partial charge in [-0.3, -0.25) is 0 Å². The third-order valence-corrected chi connectivity index (χ3v) is 5.52. The Morgan fingerprint density at radius 2 is 2.00 bits per heavy atom. The molecule has 1 unspecified atom stereocenters. The number of hydrogen-bond donors (Lipinski definition) is 0. The molecule has 0 spiro atoms. The standard InChI is InChI=1S/C19H28OS/c1-17(18-10-5-4-6-11-18)16-20-14-9-13-19-12-7-2-3-8-15-21-19/h4-6,10-11,16,19H,2-3,7-9,12-15H2,1H3/b17-16-. The van der Waals surface area contributed by atoms with E-state index in [1.807, 2.05) is 12.3 Å². The first-order chi connectivity index (χ1) is 10.4. The van der Waals surface area contributed by atoms with Crippen molar-refractivity contribution in [1.82, 2.24) is 0 Å². The molecule has 21 heavy (non-hydrogen) atoms. The van der Waals surface area contributed by atoms with E-state index >= 15 is 0 Å². The minimum absolute atomic E-state index is 0.848. The Balaban J connectivity index is 1.63. The zero-order valence-electron chi connectivity index (χ0n) is 13.2. The van der Waals surface area contributed by atoms with Crippen molar-refractivity contribution in [2.45, 2.75) is 57.1 Å². The van der Waals surface area contributed by atoms with Crippen LogP contribution in [0.3, 0.4) is 0 Å². The van der Waals surface area contributed by atoms with Crippen molar-refractivity contribution in [2.75, 3.05) is 12.4 Å². The van der Waals surface area contributed by atoms with Gasteiger partial charge in [0.05, 0.1) is 12.9 Å². The van der Waals surface area contributed by atoms with Crippen molar-refractivity contribution >= 4 is 17.3 Å². The number of benzene rings is 1. The lowest BCUT2D eigenvalue weighted by Crippen LogP contribution is -2.07. The fourth-order valence-corrected chi connectivity index (χ4v) is 4.11. The molecule has 1 aromatic rings. The van der Waals surface area contributed by atoms with Gasteiger partial charge in [0.15, 0.2) is 0 Å². The number of allylic oxidation sites excluding steroid dienone is 1. The van der Waals surface area contributed by atoms with Gasteiger partial charge in [-0.25, -0.2) is 0 Å². The van der Waals surface area contributed by atoms with Crippen LogP contribution in [0.5, 0.6) is 0 Å². The first-order valence-electron chi connectivity index (χ1n) is 8.31. The molecule has 0 saturated carbocycles. The van der Waals surface area contributed by atoms with Crippen molar-refractivity contribution < 1.29 is 4.74 Å². The largest absolute Gasteiger partial charge is 0.501 e. The number of thioether (sulfide) groups is 1. The third-order valence-electron chi connectivity index (χ3n) is 4.05. The molecule has 0 aromatic heterocycles. The van der Waals surface area contributed by atoms with Gasteiger partial charge < -0.3 is 4.74 Å². The van der Waals surface area contributed by atoms with Gasteiger partial charge in [0.25, 0.3) is 0 Å². The summed E-state index contributed by atoms with van der Waals surface area (Å²) in [5, 5.41) is 0.869. The second kappa shape index (κ2) is 9.94. The molecule has 1 aliphatic rings. The average Bonchev–Trinajstić information content (AvgIpc) is 2.49. The van der Waals surface area contributed by atoms with E-state index in [1.54, 1.807) is 0 Å². The predicted molar refractivity (Wildman–Crippen MR) is 94.6 cm³/mol. The number of rotatable bonds is 6. The van der Waals surface area contributed by atoms with Crippen molar-refractivity contribution in [3.8, 4) is 0 Å². The Kier molecular flexibility index (Phi) is 7.80. The SMILES string of the molecule is C/C(=C/OCCCC1CCCCCCS1)c1ccccc1. The van der Waals surface area contributed by atoms with E-state index in [-0.39, 0.29) is 0 Å². The third kappa shape index (κ3) is 6.60. The van der Waals surface area contributed by atoms with Gasteiger partial charge in [-0.1, -0.05) is 49.6 Å². The summed E-state index contributed by atoms with van der Waals surface area (Å²) in [6, 6.07) is 10.4. The molecule has 0 amide bonds. The van der Waals surface area contributed by atoms with Gasteiger partial charge in [0.1, 0.15) is 0 Å². The molecule has 0 N–H and O–H groups in total. The zero-order valence-corrected chi connectivity index (χ0v) is 14.0. The zero-order chi connectivity index (χ0) is 14.8. The van der Waals surface area contributed by atoms with Crippen LogP contribution in [0.25, 0.3) is 5.57 Å². The van der Waals surface area contributed by atoms with Crippen LogP contribution in [-0.4, -0.2) is 17.6 Å². The monoisotopic (exact) mass is 304 g/mol. The molecule has 1 nitrogen and oxygen atoms in total. The summed E-state index contributed by atoms with van der Waals surface area (Å²) in [6.45, 7) is 2.96. The predicted octanol–water partition coefficient (Wildman–Crippen LogP) is 5.91. The van der Waals surface area contributed by atoms with E-state index in [0.29, 0.717) is 0 Å². The fraction of sp³-hybridized carbons (Fsp3) is 0.579. The quantitative estimate of drug-likeness (QED) is 0.477. The molecule has 0 bridgehead atoms. The van der Waals surface area contributed by atoms with Gasteiger partial charge in [0, 0.05) is 5.25 Å². The topological polar surface area (TPSA) is 9.23 Å². The molecular weight excluding hydrogens is 276 g/mol. The Labute approximate surface area is 134 Å². The molecule has 116 valence electrons. The van der Waals surface area contributed by atoms with E-state index in [4.69, 9.17) is 4.74 Å². The molecule has 1 aliphatic heterocycles. The fourth-order valence-electron chi connectivity index (χ4n) is 2.74. The van der Waals surface area contributed by atoms with Crippen LogP contribution >= 0.6 is 11.8 Å². The van der Waals surface area contributed by atoms with Gasteiger partial charge in [-0.15, -0.1) is 0 Å². The number of ether oxygens (including phenoxy) is 1. The molecule has 1 fully saturated rings. The second-order valence-corrected chi connectivity index (χ2v) is 7.28. The normalized spacial score (nSPS) is 20.6. The maximum Gasteiger partial charge on any atom is 0.0873 e. The van der Waals surface area contributed by atoms with E-state index in [9.17, 15) is 0 Å². The van der Waals surface area contributed by atoms with Crippen LogP contribution in [0, 0.1) is 0 Å². The highest BCUT2D eigenvalue weighted by Gasteiger charge is 2.11. The lowest BCUT2D eigenvalue weighted by atomic mass is 10.1. The van der Waals surface area contributed by atoms with Crippen molar-refractivity contribution in [3.05, 3.63) is 42.2 Å². The van der Waals surface area contributed by atoms with Crippen molar-refractivity contribution in [3.63, 3.8) is 0 Å². The van der Waals surface area contributed by atoms with Crippen LogP contribution < -0.4 is 0 Å². The molecule has 1 heterocycles. The molecule has 1 aromatic carbocycles. The molecule has 2 rings (SSSR count). The minimum atomic E-state index is 0.848. The number of hydrogen-bond acceptors (Lipinski definition) is 2. The van der Waals surface area contributed by atoms with Crippen molar-refractivity contribution in [2.24, 2.45) is 0 Å². The Morgan fingerprint density at radius 3 is 2.86 bits per heavy atom. The highest BCUT2D eigenvalue weighted by molar-refractivity contribution is 7.99. The van der Waals surface area contributed by atoms with Crippen LogP contribution in [0.15, 0.2) is 36.6 Å². The lowest BCUT2D eigenvalue weighted by molar-refractivity contribution is 0.242. The minimum Gasteiger partial charge on any atom is -0.501 e. The molecule has 2 heteroatoms. The van der Waals surface area contributed by atoms with Gasteiger partial charge in [0.2, 0.25) is 0 Å². The van der Waals surface area contributed by atoms with E-state index in [1.165, 1.54) is 61.8 Å². The summed E-state index contributed by atoms with van der Waals surface area (Å²) in [5.41, 5.74) is 2.45. The summed E-state index contributed by atoms with van der Waals surface area (Å²) in [7, 11) is 0. The summed E-state index contributed by atoms with van der Waals surface area (Å²) in [4.78, 5) is 0. The van der Waals surface area contributed by atoms with Crippen LogP contribution in [0.1, 0.15) is 57.4 Å². The van der Waals surface area contributed by atoms with Gasteiger partial charge in [-0.2, -0.15) is 11.8 Å². The maximum absolute atomic E-state index is 5.73. The van der Waals surface area contributed by atoms with Crippen LogP contribution in [0.4, 0.5) is 0 Å². The summed E-state index contributed by atoms with van der Waals surface area (Å²) >= 11 is 2.19. The first-order valence-corrected chi connectivity index (χ1v) is 9.36. The maximum atomic E-state index is 5.73. The van der Waals surface area contributed by atoms with Crippen LogP contribution in [0.2, 0.25) is 0 Å². The first kappa shape index (κ1) is 16.5. The van der Waals surface area contributed by atoms with E-state index in [0.717, 1.165) is 11.9 Å². The van der Waals surface area contributed by atoms with Gasteiger partial charge >= 0.3 is 0 Å². The highest BCUT2D eigenvalue weighted by atomic mass is 32.2. The van der Waals surface area contributed by atoms with E-state index in [2.05, 4.69) is 43.0 Å². The summed E-state index contributed by atoms with van der Waals surface area (Å²) in [6.07, 6.45) is 11.5. The molecular formula is C19H28OS. The molecule has 0 aliphatic carbocycles.